The fraction of sp³-hybridized carbons (Fsp3) is 0.300. The Morgan fingerprint density at radius 2 is 2.31 bits per heavy atom. The summed E-state index contributed by atoms with van der Waals surface area (Å²) in [6.45, 7) is 2.87. The fourth-order valence-corrected chi connectivity index (χ4v) is 1.57. The van der Waals surface area contributed by atoms with Gasteiger partial charge in [-0.15, -0.1) is 0 Å². The number of hydrogen-bond acceptors (Lipinski definition) is 4. The van der Waals surface area contributed by atoms with Crippen molar-refractivity contribution in [3.05, 3.63) is 36.3 Å². The molecule has 0 aromatic carbocycles. The first-order chi connectivity index (χ1) is 7.74. The van der Waals surface area contributed by atoms with Gasteiger partial charge in [-0.1, -0.05) is 11.6 Å². The molecule has 1 N–H and O–H groups in total. The van der Waals surface area contributed by atoms with Gasteiger partial charge in [0.25, 0.3) is 0 Å². The van der Waals surface area contributed by atoms with E-state index >= 15 is 0 Å². The Balaban J connectivity index is 1.94. The van der Waals surface area contributed by atoms with Crippen LogP contribution >= 0.6 is 11.6 Å². The van der Waals surface area contributed by atoms with Crippen LogP contribution in [0.15, 0.2) is 31.1 Å². The Bertz CT molecular complexity index is 442. The molecule has 0 spiro atoms. The van der Waals surface area contributed by atoms with E-state index in [0.29, 0.717) is 11.0 Å². The molecule has 0 aliphatic heterocycles. The molecule has 5 nitrogen and oxygen atoms in total. The molecule has 0 fully saturated rings. The van der Waals surface area contributed by atoms with Gasteiger partial charge in [-0.05, 0) is 6.92 Å². The molecule has 84 valence electrons. The highest BCUT2D eigenvalue weighted by Gasteiger charge is 2.04. The van der Waals surface area contributed by atoms with E-state index in [9.17, 15) is 0 Å². The maximum Gasteiger partial charge on any atom is 0.149 e. The smallest absolute Gasteiger partial charge is 0.149 e. The summed E-state index contributed by atoms with van der Waals surface area (Å²) in [6, 6.07) is 0.224. The molecule has 16 heavy (non-hydrogen) atoms. The SMILES string of the molecule is CC(Cn1ccnc1)Nc1cncc(Cl)n1. The number of aromatic nitrogens is 4. The van der Waals surface area contributed by atoms with Crippen molar-refractivity contribution >= 4 is 17.4 Å². The lowest BCUT2D eigenvalue weighted by Gasteiger charge is -2.14. The topological polar surface area (TPSA) is 55.6 Å². The first kappa shape index (κ1) is 10.9. The molecule has 0 aliphatic carbocycles. The Morgan fingerprint density at radius 3 is 3.00 bits per heavy atom. The molecule has 0 bridgehead atoms. The zero-order valence-corrected chi connectivity index (χ0v) is 9.59. The van der Waals surface area contributed by atoms with Crippen molar-refractivity contribution in [3.8, 4) is 0 Å². The summed E-state index contributed by atoms with van der Waals surface area (Å²) >= 11 is 5.74. The van der Waals surface area contributed by atoms with Gasteiger partial charge in [-0.2, -0.15) is 0 Å². The molecule has 6 heteroatoms. The van der Waals surface area contributed by atoms with Gasteiger partial charge in [0.15, 0.2) is 0 Å². The number of imidazole rings is 1. The van der Waals surface area contributed by atoms with E-state index < -0.39 is 0 Å². The third-order valence-corrected chi connectivity index (χ3v) is 2.23. The van der Waals surface area contributed by atoms with Crippen LogP contribution in [0.1, 0.15) is 6.92 Å². The summed E-state index contributed by atoms with van der Waals surface area (Å²) in [7, 11) is 0. The summed E-state index contributed by atoms with van der Waals surface area (Å²) < 4.78 is 2.00. The second-order valence-corrected chi connectivity index (χ2v) is 3.92. The summed E-state index contributed by atoms with van der Waals surface area (Å²) in [4.78, 5) is 12.1. The Labute approximate surface area is 98.5 Å². The normalized spacial score (nSPS) is 12.4. The van der Waals surface area contributed by atoms with Crippen molar-refractivity contribution < 1.29 is 0 Å². The Hall–Kier alpha value is -1.62. The fourth-order valence-electron chi connectivity index (χ4n) is 1.42. The quantitative estimate of drug-likeness (QED) is 0.882. The molecule has 0 saturated carbocycles. The van der Waals surface area contributed by atoms with Crippen molar-refractivity contribution in [2.75, 3.05) is 5.32 Å². The lowest BCUT2D eigenvalue weighted by molar-refractivity contribution is 0.617. The maximum atomic E-state index is 5.74. The zero-order valence-electron chi connectivity index (χ0n) is 8.84. The van der Waals surface area contributed by atoms with Crippen LogP contribution in [0.4, 0.5) is 5.82 Å². The van der Waals surface area contributed by atoms with Gasteiger partial charge in [0.05, 0.1) is 18.7 Å². The van der Waals surface area contributed by atoms with Crippen molar-refractivity contribution in [1.82, 2.24) is 19.5 Å². The van der Waals surface area contributed by atoms with Crippen LogP contribution in [0.25, 0.3) is 0 Å². The Morgan fingerprint density at radius 1 is 1.44 bits per heavy atom. The molecule has 2 rings (SSSR count). The molecule has 0 amide bonds. The highest BCUT2D eigenvalue weighted by Crippen LogP contribution is 2.08. The minimum atomic E-state index is 0.224. The van der Waals surface area contributed by atoms with Gasteiger partial charge in [-0.25, -0.2) is 9.97 Å². The van der Waals surface area contributed by atoms with Crippen LogP contribution < -0.4 is 5.32 Å². The van der Waals surface area contributed by atoms with Crippen LogP contribution in [-0.4, -0.2) is 25.6 Å². The van der Waals surface area contributed by atoms with Crippen molar-refractivity contribution in [1.29, 1.82) is 0 Å². The van der Waals surface area contributed by atoms with Gasteiger partial charge in [0.2, 0.25) is 0 Å². The zero-order chi connectivity index (χ0) is 11.4. The number of rotatable bonds is 4. The third kappa shape index (κ3) is 2.93. The van der Waals surface area contributed by atoms with Crippen molar-refractivity contribution in [3.63, 3.8) is 0 Å². The van der Waals surface area contributed by atoms with Gasteiger partial charge >= 0.3 is 0 Å². The van der Waals surface area contributed by atoms with E-state index in [2.05, 4.69) is 27.2 Å². The molecule has 0 radical (unpaired) electrons. The molecular weight excluding hydrogens is 226 g/mol. The summed E-state index contributed by atoms with van der Waals surface area (Å²) in [5, 5.41) is 3.60. The van der Waals surface area contributed by atoms with E-state index in [-0.39, 0.29) is 6.04 Å². The lowest BCUT2D eigenvalue weighted by Crippen LogP contribution is -2.21. The van der Waals surface area contributed by atoms with Gasteiger partial charge in [0.1, 0.15) is 11.0 Å². The molecule has 2 aromatic heterocycles. The molecule has 2 aromatic rings. The molecular formula is C10H12ClN5. The second kappa shape index (κ2) is 4.94. The van der Waals surface area contributed by atoms with Crippen LogP contribution in [0.3, 0.4) is 0 Å². The highest BCUT2D eigenvalue weighted by molar-refractivity contribution is 6.29. The van der Waals surface area contributed by atoms with Crippen LogP contribution in [0.2, 0.25) is 5.15 Å². The number of nitrogens with zero attached hydrogens (tertiary/aromatic N) is 4. The summed E-state index contributed by atoms with van der Waals surface area (Å²) in [5.74, 6) is 0.681. The van der Waals surface area contributed by atoms with Crippen LogP contribution in [0.5, 0.6) is 0 Å². The van der Waals surface area contributed by atoms with Gasteiger partial charge in [0, 0.05) is 25.0 Å². The van der Waals surface area contributed by atoms with E-state index in [1.165, 1.54) is 6.20 Å². The van der Waals surface area contributed by atoms with Crippen LogP contribution in [0, 0.1) is 0 Å². The lowest BCUT2D eigenvalue weighted by atomic mass is 10.3. The highest BCUT2D eigenvalue weighted by atomic mass is 35.5. The average Bonchev–Trinajstić information content (AvgIpc) is 2.70. The number of hydrogen-bond donors (Lipinski definition) is 1. The van der Waals surface area contributed by atoms with Crippen molar-refractivity contribution in [2.24, 2.45) is 0 Å². The predicted molar refractivity (Wildman–Crippen MR) is 62.4 cm³/mol. The minimum Gasteiger partial charge on any atom is -0.364 e. The number of halogens is 1. The van der Waals surface area contributed by atoms with E-state index in [1.54, 1.807) is 18.7 Å². The summed E-state index contributed by atoms with van der Waals surface area (Å²) in [6.07, 6.45) is 8.61. The second-order valence-electron chi connectivity index (χ2n) is 3.53. The molecule has 0 saturated heterocycles. The van der Waals surface area contributed by atoms with E-state index in [0.717, 1.165) is 6.54 Å². The van der Waals surface area contributed by atoms with Gasteiger partial charge < -0.3 is 9.88 Å². The van der Waals surface area contributed by atoms with Gasteiger partial charge in [-0.3, -0.25) is 4.98 Å². The number of nitrogens with one attached hydrogen (secondary N) is 1. The third-order valence-electron chi connectivity index (χ3n) is 2.04. The van der Waals surface area contributed by atoms with E-state index in [1.807, 2.05) is 10.8 Å². The van der Waals surface area contributed by atoms with Crippen LogP contribution in [-0.2, 0) is 6.54 Å². The summed E-state index contributed by atoms with van der Waals surface area (Å²) in [5.41, 5.74) is 0. The first-order valence-corrected chi connectivity index (χ1v) is 5.31. The molecule has 1 unspecified atom stereocenters. The van der Waals surface area contributed by atoms with Crippen molar-refractivity contribution in [2.45, 2.75) is 19.5 Å². The first-order valence-electron chi connectivity index (χ1n) is 4.94. The Kier molecular flexibility index (Phi) is 3.36. The monoisotopic (exact) mass is 237 g/mol. The molecule has 1 atom stereocenters. The molecule has 0 aliphatic rings. The standard InChI is InChI=1S/C10H12ClN5/c1-8(6-16-3-2-12-7-16)14-10-5-13-4-9(11)15-10/h2-5,7-8H,6H2,1H3,(H,14,15). The largest absolute Gasteiger partial charge is 0.364 e. The molecule has 2 heterocycles. The minimum absolute atomic E-state index is 0.224. The maximum absolute atomic E-state index is 5.74. The number of anilines is 1. The van der Waals surface area contributed by atoms with E-state index in [4.69, 9.17) is 11.6 Å². The average molecular weight is 238 g/mol. The predicted octanol–water partition coefficient (Wildman–Crippen LogP) is 1.83.